The molecule has 2 fully saturated rings. The second-order valence-electron chi connectivity index (χ2n) is 8.54. The van der Waals surface area contributed by atoms with Crippen LogP contribution in [0.3, 0.4) is 0 Å². The van der Waals surface area contributed by atoms with Gasteiger partial charge in [-0.25, -0.2) is 4.79 Å². The van der Waals surface area contributed by atoms with Crippen molar-refractivity contribution in [3.8, 4) is 0 Å². The van der Waals surface area contributed by atoms with Crippen LogP contribution in [0.5, 0.6) is 0 Å². The predicted octanol–water partition coefficient (Wildman–Crippen LogP) is 3.86. The first kappa shape index (κ1) is 18.6. The fourth-order valence-corrected chi connectivity index (χ4v) is 4.44. The van der Waals surface area contributed by atoms with Crippen molar-refractivity contribution in [2.45, 2.75) is 51.7 Å². The number of aromatic amines is 1. The van der Waals surface area contributed by atoms with E-state index in [1.807, 2.05) is 17.0 Å². The largest absolute Gasteiger partial charge is 0.388 e. The fraction of sp³-hybridized carbons (Fsp3) is 0.600. The number of hydrogen-bond donors (Lipinski definition) is 3. The molecule has 6 nitrogen and oxygen atoms in total. The first-order chi connectivity index (χ1) is 12.9. The summed E-state index contributed by atoms with van der Waals surface area (Å²) in [6.07, 6.45) is 5.02. The normalized spacial score (nSPS) is 20.1. The molecule has 0 bridgehead atoms. The van der Waals surface area contributed by atoms with Gasteiger partial charge in [-0.2, -0.15) is 5.10 Å². The maximum Gasteiger partial charge on any atom is 0.317 e. The average molecular weight is 391 g/mol. The highest BCUT2D eigenvalue weighted by Crippen LogP contribution is 2.46. The molecule has 1 saturated heterocycles. The first-order valence-electron chi connectivity index (χ1n) is 9.72. The molecule has 2 amide bonds. The fourth-order valence-electron chi connectivity index (χ4n) is 4.21. The number of likely N-dealkylation sites (tertiary alicyclic amines) is 1. The smallest absolute Gasteiger partial charge is 0.317 e. The lowest BCUT2D eigenvalue weighted by Gasteiger charge is -2.43. The lowest BCUT2D eigenvalue weighted by atomic mass is 9.68. The van der Waals surface area contributed by atoms with E-state index in [9.17, 15) is 9.90 Å². The van der Waals surface area contributed by atoms with Crippen LogP contribution in [0.4, 0.5) is 4.79 Å². The number of fused-ring (bicyclic) bond motifs is 1. The van der Waals surface area contributed by atoms with Gasteiger partial charge in [0.25, 0.3) is 0 Å². The summed E-state index contributed by atoms with van der Waals surface area (Å²) < 4.78 is 0. The van der Waals surface area contributed by atoms with Crippen LogP contribution < -0.4 is 5.32 Å². The van der Waals surface area contributed by atoms with Gasteiger partial charge in [0.05, 0.1) is 17.8 Å². The minimum atomic E-state index is -0.670. The Bertz CT molecular complexity index is 838. The Balaban J connectivity index is 1.47. The van der Waals surface area contributed by atoms with Crippen LogP contribution >= 0.6 is 11.6 Å². The second-order valence-corrected chi connectivity index (χ2v) is 8.97. The molecule has 0 radical (unpaired) electrons. The van der Waals surface area contributed by atoms with Gasteiger partial charge >= 0.3 is 6.03 Å². The zero-order valence-corrected chi connectivity index (χ0v) is 16.6. The van der Waals surface area contributed by atoms with Crippen molar-refractivity contribution in [1.29, 1.82) is 0 Å². The van der Waals surface area contributed by atoms with Gasteiger partial charge in [0.1, 0.15) is 0 Å². The standard InChI is InChI=1S/C20H27ClN4O2/c1-20(2,13-5-7-25(8-6-13)19(27)23-15-3-4-15)18(26)16-10-14(21)9-12-11-22-24-17(12)16/h9-11,13,15,18,26H,3-8H2,1-2H3,(H,22,24)(H,23,27)/t18-/m1/s1. The molecule has 7 heteroatoms. The molecule has 2 aromatic rings. The summed E-state index contributed by atoms with van der Waals surface area (Å²) in [5.74, 6) is 0.314. The van der Waals surface area contributed by atoms with E-state index in [1.165, 1.54) is 0 Å². The highest BCUT2D eigenvalue weighted by molar-refractivity contribution is 6.31. The quantitative estimate of drug-likeness (QED) is 0.741. The summed E-state index contributed by atoms with van der Waals surface area (Å²) in [5.41, 5.74) is 1.28. The van der Waals surface area contributed by atoms with E-state index in [-0.39, 0.29) is 11.4 Å². The molecule has 1 saturated carbocycles. The Kier molecular flexibility index (Phi) is 4.80. The number of carbonyl (C=O) groups is 1. The Hall–Kier alpha value is -1.79. The zero-order chi connectivity index (χ0) is 19.2. The Labute approximate surface area is 164 Å². The topological polar surface area (TPSA) is 81.2 Å². The SMILES string of the molecule is CC(C)(C1CCN(C(=O)NC2CC2)CC1)[C@H](O)c1cc(Cl)cc2cn[nH]c12. The number of urea groups is 1. The van der Waals surface area contributed by atoms with Crippen LogP contribution in [0, 0.1) is 11.3 Å². The zero-order valence-electron chi connectivity index (χ0n) is 15.8. The molecule has 4 rings (SSSR count). The molecule has 3 N–H and O–H groups in total. The van der Waals surface area contributed by atoms with E-state index in [0.29, 0.717) is 17.0 Å². The van der Waals surface area contributed by atoms with Gasteiger partial charge in [-0.15, -0.1) is 0 Å². The Morgan fingerprint density at radius 3 is 2.70 bits per heavy atom. The minimum Gasteiger partial charge on any atom is -0.388 e. The third kappa shape index (κ3) is 3.65. The third-order valence-electron chi connectivity index (χ3n) is 6.28. The van der Waals surface area contributed by atoms with E-state index in [4.69, 9.17) is 11.6 Å². The maximum absolute atomic E-state index is 12.3. The molecule has 2 heterocycles. The monoisotopic (exact) mass is 390 g/mol. The molecule has 2 aliphatic rings. The van der Waals surface area contributed by atoms with Crippen LogP contribution in [0.1, 0.15) is 51.2 Å². The first-order valence-corrected chi connectivity index (χ1v) is 10.1. The average Bonchev–Trinajstić information content (AvgIpc) is 3.34. The molecule has 27 heavy (non-hydrogen) atoms. The molecule has 0 unspecified atom stereocenters. The number of aliphatic hydroxyl groups is 1. The molecule has 1 aliphatic heterocycles. The molecule has 1 aromatic heterocycles. The molecule has 146 valence electrons. The Morgan fingerprint density at radius 1 is 1.33 bits per heavy atom. The van der Waals surface area contributed by atoms with Crippen LogP contribution in [0.25, 0.3) is 10.9 Å². The van der Waals surface area contributed by atoms with Crippen LogP contribution in [-0.4, -0.2) is 45.4 Å². The van der Waals surface area contributed by atoms with Crippen molar-refractivity contribution in [2.24, 2.45) is 11.3 Å². The van der Waals surface area contributed by atoms with Gasteiger partial charge in [0.15, 0.2) is 0 Å². The van der Waals surface area contributed by atoms with Crippen LogP contribution in [-0.2, 0) is 0 Å². The van der Waals surface area contributed by atoms with E-state index in [0.717, 1.165) is 55.2 Å². The van der Waals surface area contributed by atoms with Crippen molar-refractivity contribution in [3.63, 3.8) is 0 Å². The lowest BCUT2D eigenvalue weighted by molar-refractivity contribution is -0.0143. The number of aromatic nitrogens is 2. The molecule has 1 aromatic carbocycles. The molecule has 0 spiro atoms. The minimum absolute atomic E-state index is 0.0586. The number of nitrogens with one attached hydrogen (secondary N) is 2. The molecule has 1 aliphatic carbocycles. The van der Waals surface area contributed by atoms with Gasteiger partial charge in [-0.05, 0) is 49.1 Å². The van der Waals surface area contributed by atoms with Crippen molar-refractivity contribution in [1.82, 2.24) is 20.4 Å². The van der Waals surface area contributed by atoms with Crippen molar-refractivity contribution in [2.75, 3.05) is 13.1 Å². The number of piperidine rings is 1. The number of amides is 2. The third-order valence-corrected chi connectivity index (χ3v) is 6.50. The summed E-state index contributed by atoms with van der Waals surface area (Å²) in [6.45, 7) is 5.67. The van der Waals surface area contributed by atoms with E-state index < -0.39 is 6.10 Å². The number of benzene rings is 1. The van der Waals surface area contributed by atoms with Gasteiger partial charge in [-0.1, -0.05) is 25.4 Å². The van der Waals surface area contributed by atoms with Crippen LogP contribution in [0.2, 0.25) is 5.02 Å². The highest BCUT2D eigenvalue weighted by Gasteiger charge is 2.40. The van der Waals surface area contributed by atoms with Crippen LogP contribution in [0.15, 0.2) is 18.3 Å². The number of hydrogen-bond acceptors (Lipinski definition) is 3. The van der Waals surface area contributed by atoms with Crippen molar-refractivity contribution in [3.05, 3.63) is 28.9 Å². The summed E-state index contributed by atoms with van der Waals surface area (Å²) in [4.78, 5) is 14.2. The summed E-state index contributed by atoms with van der Waals surface area (Å²) in [7, 11) is 0. The van der Waals surface area contributed by atoms with Gasteiger partial charge in [-0.3, -0.25) is 5.10 Å². The number of aliphatic hydroxyl groups excluding tert-OH is 1. The summed E-state index contributed by atoms with van der Waals surface area (Å²) >= 11 is 6.26. The summed E-state index contributed by atoms with van der Waals surface area (Å²) in [5, 5.41) is 22.9. The van der Waals surface area contributed by atoms with E-state index in [1.54, 1.807) is 6.20 Å². The number of rotatable bonds is 4. The number of H-pyrrole nitrogens is 1. The second kappa shape index (κ2) is 6.99. The van der Waals surface area contributed by atoms with Gasteiger partial charge in [0.2, 0.25) is 0 Å². The van der Waals surface area contributed by atoms with Gasteiger partial charge < -0.3 is 15.3 Å². The molecular weight excluding hydrogens is 364 g/mol. The number of halogens is 1. The van der Waals surface area contributed by atoms with Gasteiger partial charge in [0, 0.05) is 35.1 Å². The molecule has 1 atom stereocenters. The van der Waals surface area contributed by atoms with Crippen molar-refractivity contribution < 1.29 is 9.90 Å². The van der Waals surface area contributed by atoms with E-state index >= 15 is 0 Å². The summed E-state index contributed by atoms with van der Waals surface area (Å²) in [6, 6.07) is 4.12. The lowest BCUT2D eigenvalue weighted by Crippen LogP contribution is -2.47. The molecular formula is C20H27ClN4O2. The Morgan fingerprint density at radius 2 is 2.04 bits per heavy atom. The number of carbonyl (C=O) groups excluding carboxylic acids is 1. The van der Waals surface area contributed by atoms with Crippen molar-refractivity contribution >= 4 is 28.5 Å². The van der Waals surface area contributed by atoms with E-state index in [2.05, 4.69) is 29.4 Å². The maximum atomic E-state index is 12.3. The predicted molar refractivity (Wildman–Crippen MR) is 106 cm³/mol. The highest BCUT2D eigenvalue weighted by atomic mass is 35.5. The number of nitrogens with zero attached hydrogens (tertiary/aromatic N) is 2.